The second-order valence-corrected chi connectivity index (χ2v) is 8.45. The Morgan fingerprint density at radius 3 is 2.94 bits per heavy atom. The van der Waals surface area contributed by atoms with E-state index in [0.717, 1.165) is 56.2 Å². The molecule has 0 N–H and O–H groups in total. The summed E-state index contributed by atoms with van der Waals surface area (Å²) < 4.78 is 16.9. The molecule has 0 radical (unpaired) electrons. The molecule has 2 saturated heterocycles. The number of hydrogen-bond acceptors (Lipinski definition) is 7. The molecule has 0 saturated carbocycles. The van der Waals surface area contributed by atoms with Crippen molar-refractivity contribution in [3.63, 3.8) is 0 Å². The number of likely N-dealkylation sites (tertiary alicyclic amines) is 1. The molecule has 1 amide bonds. The van der Waals surface area contributed by atoms with Gasteiger partial charge in [-0.3, -0.25) is 9.78 Å². The maximum Gasteiger partial charge on any atom is 0.273 e. The van der Waals surface area contributed by atoms with Gasteiger partial charge in [-0.25, -0.2) is 0 Å². The normalized spacial score (nSPS) is 20.0. The third-order valence-corrected chi connectivity index (χ3v) is 6.28. The molecule has 5 rings (SSSR count). The van der Waals surface area contributed by atoms with E-state index in [4.69, 9.17) is 14.0 Å². The number of pyridine rings is 1. The molecular weight excluding hydrogens is 408 g/mol. The molecule has 8 heteroatoms. The van der Waals surface area contributed by atoms with E-state index in [0.29, 0.717) is 42.9 Å². The van der Waals surface area contributed by atoms with Crippen molar-refractivity contribution in [2.24, 2.45) is 0 Å². The van der Waals surface area contributed by atoms with Crippen molar-refractivity contribution in [1.29, 1.82) is 0 Å². The first kappa shape index (κ1) is 21.0. The highest BCUT2D eigenvalue weighted by atomic mass is 16.5. The van der Waals surface area contributed by atoms with Crippen LogP contribution in [0.5, 0.6) is 0 Å². The fraction of sp³-hybridized carbons (Fsp3) is 0.500. The quantitative estimate of drug-likeness (QED) is 0.585. The summed E-state index contributed by atoms with van der Waals surface area (Å²) in [5.41, 5.74) is 0.510. The topological polar surface area (TPSA) is 90.6 Å². The molecule has 2 aromatic heterocycles. The van der Waals surface area contributed by atoms with Crippen molar-refractivity contribution in [2.75, 3.05) is 32.9 Å². The van der Waals surface area contributed by atoms with Gasteiger partial charge < -0.3 is 18.9 Å². The van der Waals surface area contributed by atoms with Crippen LogP contribution in [-0.4, -0.2) is 64.9 Å². The van der Waals surface area contributed by atoms with Crippen LogP contribution in [0.3, 0.4) is 0 Å². The first-order valence-electron chi connectivity index (χ1n) is 11.4. The summed E-state index contributed by atoms with van der Waals surface area (Å²) in [6.07, 6.45) is 6.01. The summed E-state index contributed by atoms with van der Waals surface area (Å²) in [6.45, 7) is 3.30. The fourth-order valence-corrected chi connectivity index (χ4v) is 4.49. The Bertz CT molecular complexity index is 1060. The molecule has 168 valence electrons. The number of carbonyl (C=O) groups is 1. The van der Waals surface area contributed by atoms with E-state index < -0.39 is 0 Å². The molecule has 1 unspecified atom stereocenters. The van der Waals surface area contributed by atoms with Crippen LogP contribution in [0.2, 0.25) is 0 Å². The minimum Gasteiger partial charge on any atom is -0.381 e. The van der Waals surface area contributed by atoms with Gasteiger partial charge in [0, 0.05) is 50.2 Å². The molecule has 32 heavy (non-hydrogen) atoms. The van der Waals surface area contributed by atoms with Crippen LogP contribution >= 0.6 is 0 Å². The Kier molecular flexibility index (Phi) is 6.41. The maximum atomic E-state index is 13.2. The van der Waals surface area contributed by atoms with Gasteiger partial charge in [-0.05, 0) is 37.1 Å². The number of piperidine rings is 1. The number of ether oxygens (including phenoxy) is 2. The predicted octanol–water partition coefficient (Wildman–Crippen LogP) is 3.38. The Labute approximate surface area is 186 Å². The van der Waals surface area contributed by atoms with Gasteiger partial charge in [-0.15, -0.1) is 0 Å². The average molecular weight is 437 g/mol. The molecular formula is C24H28N4O4. The van der Waals surface area contributed by atoms with E-state index in [-0.39, 0.29) is 12.0 Å². The number of nitrogens with zero attached hydrogens (tertiary/aromatic N) is 4. The second kappa shape index (κ2) is 9.75. The summed E-state index contributed by atoms with van der Waals surface area (Å²) in [6, 6.07) is 9.79. The van der Waals surface area contributed by atoms with Gasteiger partial charge in [-0.1, -0.05) is 29.4 Å². The highest BCUT2D eigenvalue weighted by Crippen LogP contribution is 2.25. The summed E-state index contributed by atoms with van der Waals surface area (Å²) >= 11 is 0. The zero-order valence-electron chi connectivity index (χ0n) is 18.1. The van der Waals surface area contributed by atoms with Gasteiger partial charge in [0.2, 0.25) is 5.89 Å². The van der Waals surface area contributed by atoms with Crippen LogP contribution in [0.4, 0.5) is 0 Å². The van der Waals surface area contributed by atoms with E-state index in [1.807, 2.05) is 35.2 Å². The van der Waals surface area contributed by atoms with E-state index in [9.17, 15) is 4.79 Å². The molecule has 2 aliphatic rings. The minimum absolute atomic E-state index is 0.00420. The van der Waals surface area contributed by atoms with Gasteiger partial charge in [0.1, 0.15) is 5.69 Å². The molecule has 2 fully saturated rings. The molecule has 3 aromatic rings. The molecule has 8 nitrogen and oxygen atoms in total. The molecule has 0 spiro atoms. The zero-order chi connectivity index (χ0) is 21.8. The van der Waals surface area contributed by atoms with E-state index in [2.05, 4.69) is 15.1 Å². The summed E-state index contributed by atoms with van der Waals surface area (Å²) in [4.78, 5) is 24.0. The van der Waals surface area contributed by atoms with Crippen molar-refractivity contribution >= 4 is 16.7 Å². The molecule has 2 aliphatic heterocycles. The lowest BCUT2D eigenvalue weighted by atomic mass is 10.0. The van der Waals surface area contributed by atoms with Gasteiger partial charge in [-0.2, -0.15) is 4.98 Å². The molecule has 0 bridgehead atoms. The monoisotopic (exact) mass is 436 g/mol. The summed E-state index contributed by atoms with van der Waals surface area (Å²) in [5.74, 6) is 1.65. The van der Waals surface area contributed by atoms with Crippen LogP contribution in [0.15, 0.2) is 41.1 Å². The highest BCUT2D eigenvalue weighted by Gasteiger charge is 2.27. The van der Waals surface area contributed by atoms with Crippen molar-refractivity contribution in [3.8, 4) is 0 Å². The van der Waals surface area contributed by atoms with Crippen molar-refractivity contribution in [1.82, 2.24) is 20.0 Å². The Morgan fingerprint density at radius 1 is 1.16 bits per heavy atom. The molecule has 4 heterocycles. The number of rotatable bonds is 6. The van der Waals surface area contributed by atoms with Crippen LogP contribution in [0, 0.1) is 0 Å². The van der Waals surface area contributed by atoms with Crippen molar-refractivity contribution in [3.05, 3.63) is 53.9 Å². The summed E-state index contributed by atoms with van der Waals surface area (Å²) in [5, 5.41) is 6.02. The molecule has 0 aliphatic carbocycles. The van der Waals surface area contributed by atoms with E-state index in [1.54, 1.807) is 6.20 Å². The largest absolute Gasteiger partial charge is 0.381 e. The lowest BCUT2D eigenvalue weighted by Crippen LogP contribution is -2.43. The lowest BCUT2D eigenvalue weighted by molar-refractivity contribution is 0.00239. The van der Waals surface area contributed by atoms with E-state index >= 15 is 0 Å². The Morgan fingerprint density at radius 2 is 2.03 bits per heavy atom. The van der Waals surface area contributed by atoms with Crippen LogP contribution in [-0.2, 0) is 15.9 Å². The van der Waals surface area contributed by atoms with Gasteiger partial charge in [0.15, 0.2) is 5.82 Å². The Balaban J connectivity index is 1.15. The third kappa shape index (κ3) is 4.66. The highest BCUT2D eigenvalue weighted by molar-refractivity contribution is 6.05. The fourth-order valence-electron chi connectivity index (χ4n) is 4.49. The van der Waals surface area contributed by atoms with E-state index in [1.165, 1.54) is 0 Å². The SMILES string of the molecule is O=C(c1nccc2ccccc12)N1CCCC(OCCc2noc(C3CCOCC3)n2)C1. The third-order valence-electron chi connectivity index (χ3n) is 6.28. The number of hydrogen-bond donors (Lipinski definition) is 0. The van der Waals surface area contributed by atoms with Gasteiger partial charge >= 0.3 is 0 Å². The molecule has 1 aromatic carbocycles. The Hall–Kier alpha value is -2.84. The number of aromatic nitrogens is 3. The van der Waals surface area contributed by atoms with Crippen LogP contribution in [0.1, 0.15) is 53.8 Å². The smallest absolute Gasteiger partial charge is 0.273 e. The maximum absolute atomic E-state index is 13.2. The molecule has 1 atom stereocenters. The van der Waals surface area contributed by atoms with Crippen LogP contribution in [0.25, 0.3) is 10.8 Å². The number of amides is 1. The minimum atomic E-state index is -0.0330. The second-order valence-electron chi connectivity index (χ2n) is 8.45. The predicted molar refractivity (Wildman–Crippen MR) is 117 cm³/mol. The number of fused-ring (bicyclic) bond motifs is 1. The van der Waals surface area contributed by atoms with Crippen molar-refractivity contribution < 1.29 is 18.8 Å². The number of benzene rings is 1. The first-order chi connectivity index (χ1) is 15.8. The lowest BCUT2D eigenvalue weighted by Gasteiger charge is -2.32. The summed E-state index contributed by atoms with van der Waals surface area (Å²) in [7, 11) is 0. The number of carbonyl (C=O) groups excluding carboxylic acids is 1. The van der Waals surface area contributed by atoms with Crippen LogP contribution < -0.4 is 0 Å². The van der Waals surface area contributed by atoms with Gasteiger partial charge in [0.05, 0.1) is 12.7 Å². The zero-order valence-corrected chi connectivity index (χ0v) is 18.1. The first-order valence-corrected chi connectivity index (χ1v) is 11.4. The average Bonchev–Trinajstić information content (AvgIpc) is 3.33. The van der Waals surface area contributed by atoms with Crippen molar-refractivity contribution in [2.45, 2.75) is 44.1 Å². The van der Waals surface area contributed by atoms with Gasteiger partial charge in [0.25, 0.3) is 5.91 Å². The standard InChI is InChI=1S/C24H28N4O4/c29-24(22-20-6-2-1-4-17(20)7-11-25-22)28-12-3-5-19(16-28)31-15-10-21-26-23(32-27-21)18-8-13-30-14-9-18/h1-2,4,6-7,11,18-19H,3,5,8-10,12-16H2.